The minimum absolute atomic E-state index is 0.0436. The van der Waals surface area contributed by atoms with Gasteiger partial charge >= 0.3 is 6.03 Å². The molecule has 1 N–H and O–H groups in total. The fourth-order valence-electron chi connectivity index (χ4n) is 4.07. The highest BCUT2D eigenvalue weighted by molar-refractivity contribution is 5.85. The van der Waals surface area contributed by atoms with Crippen LogP contribution in [0.5, 0.6) is 5.75 Å². The first kappa shape index (κ1) is 22.7. The van der Waals surface area contributed by atoms with Gasteiger partial charge in [0.15, 0.2) is 0 Å². The van der Waals surface area contributed by atoms with Crippen LogP contribution in [0, 0.1) is 0 Å². The molecule has 168 valence electrons. The lowest BCUT2D eigenvalue weighted by Gasteiger charge is -2.39. The highest BCUT2D eigenvalue weighted by atomic mass is 16.5. The summed E-state index contributed by atoms with van der Waals surface area (Å²) in [5.74, 6) is 0.681. The average Bonchev–Trinajstić information content (AvgIpc) is 3.25. The Hall–Kier alpha value is -2.96. The molecule has 0 fully saturated rings. The van der Waals surface area contributed by atoms with Crippen molar-refractivity contribution in [1.82, 2.24) is 19.7 Å². The van der Waals surface area contributed by atoms with E-state index in [1.807, 2.05) is 61.3 Å². The highest BCUT2D eigenvalue weighted by Crippen LogP contribution is 2.37. The summed E-state index contributed by atoms with van der Waals surface area (Å²) in [5.41, 5.74) is 1.99. The number of benzene rings is 1. The number of para-hydroxylation sites is 1. The van der Waals surface area contributed by atoms with Crippen molar-refractivity contribution in [3.8, 4) is 5.75 Å². The van der Waals surface area contributed by atoms with E-state index in [0.717, 1.165) is 36.4 Å². The Morgan fingerprint density at radius 1 is 1.19 bits per heavy atom. The monoisotopic (exact) mass is 426 g/mol. The number of rotatable bonds is 8. The van der Waals surface area contributed by atoms with Crippen molar-refractivity contribution in [3.63, 3.8) is 0 Å². The van der Waals surface area contributed by atoms with E-state index in [1.54, 1.807) is 12.0 Å². The van der Waals surface area contributed by atoms with Gasteiger partial charge in [0.2, 0.25) is 5.91 Å². The van der Waals surface area contributed by atoms with E-state index in [-0.39, 0.29) is 30.6 Å². The van der Waals surface area contributed by atoms with Crippen LogP contribution in [-0.2, 0) is 11.3 Å². The van der Waals surface area contributed by atoms with E-state index in [4.69, 9.17) is 4.74 Å². The predicted octanol–water partition coefficient (Wildman–Crippen LogP) is 3.65. The molecular formula is C24H34N4O3. The number of unbranched alkanes of at least 4 members (excludes halogenated alkanes) is 1. The number of hydrogen-bond acceptors (Lipinski definition) is 3. The summed E-state index contributed by atoms with van der Waals surface area (Å²) in [5, 5.41) is 2.94. The predicted molar refractivity (Wildman–Crippen MR) is 121 cm³/mol. The lowest BCUT2D eigenvalue weighted by atomic mass is 9.98. The number of ether oxygens (including phenoxy) is 1. The fourth-order valence-corrected chi connectivity index (χ4v) is 4.07. The minimum Gasteiger partial charge on any atom is -0.496 e. The van der Waals surface area contributed by atoms with Crippen LogP contribution in [0.4, 0.5) is 4.79 Å². The molecule has 1 aliphatic rings. The maximum Gasteiger partial charge on any atom is 0.318 e. The molecule has 2 heterocycles. The Morgan fingerprint density at radius 3 is 2.68 bits per heavy atom. The maximum absolute atomic E-state index is 13.5. The number of fused-ring (bicyclic) bond motifs is 1. The molecular weight excluding hydrogens is 392 g/mol. The molecule has 3 amide bonds. The summed E-state index contributed by atoms with van der Waals surface area (Å²) >= 11 is 0. The molecule has 0 aliphatic carbocycles. The van der Waals surface area contributed by atoms with Crippen LogP contribution >= 0.6 is 0 Å². The molecule has 0 saturated heterocycles. The first-order chi connectivity index (χ1) is 15.0. The summed E-state index contributed by atoms with van der Waals surface area (Å²) in [4.78, 5) is 29.7. The standard InChI is InChI=1S/C24H34N4O3/c1-5-6-13-25-24(30)28(18(2)3)17-22(29)27-16-15-26-14-9-11-20(26)23(27)19-10-7-8-12-21(19)31-4/h7-12,14,18,23H,5-6,13,15-17H2,1-4H3,(H,25,30). The lowest BCUT2D eigenvalue weighted by molar-refractivity contribution is -0.134. The number of urea groups is 1. The second kappa shape index (κ2) is 10.4. The van der Waals surface area contributed by atoms with Crippen LogP contribution in [0.2, 0.25) is 0 Å². The van der Waals surface area contributed by atoms with E-state index in [0.29, 0.717) is 13.1 Å². The van der Waals surface area contributed by atoms with Crippen molar-refractivity contribution in [2.45, 2.75) is 52.2 Å². The highest BCUT2D eigenvalue weighted by Gasteiger charge is 2.35. The normalized spacial score (nSPS) is 15.5. The Bertz CT molecular complexity index is 892. The number of methoxy groups -OCH3 is 1. The number of nitrogens with one attached hydrogen (secondary N) is 1. The number of carbonyl (C=O) groups is 2. The molecule has 1 unspecified atom stereocenters. The van der Waals surface area contributed by atoms with Gasteiger partial charge in [-0.15, -0.1) is 0 Å². The number of nitrogens with zero attached hydrogens (tertiary/aromatic N) is 3. The van der Waals surface area contributed by atoms with E-state index in [9.17, 15) is 9.59 Å². The lowest BCUT2D eigenvalue weighted by Crippen LogP contribution is -2.52. The van der Waals surface area contributed by atoms with E-state index in [2.05, 4.69) is 16.8 Å². The second-order valence-corrected chi connectivity index (χ2v) is 8.17. The van der Waals surface area contributed by atoms with Gasteiger partial charge in [-0.1, -0.05) is 31.5 Å². The third-order valence-electron chi connectivity index (χ3n) is 5.79. The van der Waals surface area contributed by atoms with Gasteiger partial charge in [-0.2, -0.15) is 0 Å². The Kier molecular flexibility index (Phi) is 7.60. The molecule has 0 radical (unpaired) electrons. The second-order valence-electron chi connectivity index (χ2n) is 8.17. The van der Waals surface area contributed by atoms with Crippen LogP contribution in [0.25, 0.3) is 0 Å². The number of amides is 3. The molecule has 1 atom stereocenters. The van der Waals surface area contributed by atoms with Gasteiger partial charge < -0.3 is 24.4 Å². The van der Waals surface area contributed by atoms with E-state index >= 15 is 0 Å². The molecule has 1 aromatic heterocycles. The topological polar surface area (TPSA) is 66.8 Å². The van der Waals surface area contributed by atoms with Crippen molar-refractivity contribution < 1.29 is 14.3 Å². The zero-order chi connectivity index (χ0) is 22.4. The van der Waals surface area contributed by atoms with Crippen LogP contribution in [0.1, 0.15) is 50.9 Å². The summed E-state index contributed by atoms with van der Waals surface area (Å²) in [7, 11) is 1.65. The Morgan fingerprint density at radius 2 is 1.97 bits per heavy atom. The zero-order valence-corrected chi connectivity index (χ0v) is 19.0. The Labute approximate surface area is 185 Å². The molecule has 1 aliphatic heterocycles. The van der Waals surface area contributed by atoms with E-state index < -0.39 is 0 Å². The quantitative estimate of drug-likeness (QED) is 0.655. The molecule has 7 heteroatoms. The largest absolute Gasteiger partial charge is 0.496 e. The minimum atomic E-state index is -0.260. The first-order valence-corrected chi connectivity index (χ1v) is 11.1. The number of carbonyl (C=O) groups excluding carboxylic acids is 2. The fraction of sp³-hybridized carbons (Fsp3) is 0.500. The van der Waals surface area contributed by atoms with Crippen LogP contribution in [0.15, 0.2) is 42.6 Å². The molecule has 0 saturated carbocycles. The van der Waals surface area contributed by atoms with Crippen LogP contribution in [-0.4, -0.2) is 59.1 Å². The smallest absolute Gasteiger partial charge is 0.318 e. The maximum atomic E-state index is 13.5. The third-order valence-corrected chi connectivity index (χ3v) is 5.79. The number of hydrogen-bond donors (Lipinski definition) is 1. The molecule has 7 nitrogen and oxygen atoms in total. The Balaban J connectivity index is 1.87. The number of aromatic nitrogens is 1. The first-order valence-electron chi connectivity index (χ1n) is 11.1. The van der Waals surface area contributed by atoms with Gasteiger partial charge in [-0.25, -0.2) is 4.79 Å². The SMILES string of the molecule is CCCCNC(=O)N(CC(=O)N1CCn2cccc2C1c1ccccc1OC)C(C)C. The summed E-state index contributed by atoms with van der Waals surface area (Å²) in [6.07, 6.45) is 3.97. The summed E-state index contributed by atoms with van der Waals surface area (Å²) in [6.45, 7) is 7.92. The molecule has 31 heavy (non-hydrogen) atoms. The van der Waals surface area contributed by atoms with Crippen molar-refractivity contribution >= 4 is 11.9 Å². The van der Waals surface area contributed by atoms with Crippen LogP contribution in [0.3, 0.4) is 0 Å². The van der Waals surface area contributed by atoms with Crippen molar-refractivity contribution in [3.05, 3.63) is 53.9 Å². The van der Waals surface area contributed by atoms with Crippen LogP contribution < -0.4 is 10.1 Å². The summed E-state index contributed by atoms with van der Waals surface area (Å²) in [6, 6.07) is 11.3. The van der Waals surface area contributed by atoms with Gasteiger partial charge in [0.1, 0.15) is 18.3 Å². The average molecular weight is 427 g/mol. The van der Waals surface area contributed by atoms with Gasteiger partial charge in [-0.3, -0.25) is 4.79 Å². The van der Waals surface area contributed by atoms with Gasteiger partial charge in [0.05, 0.1) is 7.11 Å². The van der Waals surface area contributed by atoms with Crippen molar-refractivity contribution in [2.24, 2.45) is 0 Å². The molecule has 0 bridgehead atoms. The molecule has 0 spiro atoms. The van der Waals surface area contributed by atoms with Gasteiger partial charge in [0.25, 0.3) is 0 Å². The molecule has 1 aromatic carbocycles. The van der Waals surface area contributed by atoms with Gasteiger partial charge in [0, 0.05) is 43.1 Å². The zero-order valence-electron chi connectivity index (χ0n) is 19.0. The third kappa shape index (κ3) is 5.03. The van der Waals surface area contributed by atoms with Crippen molar-refractivity contribution in [2.75, 3.05) is 26.7 Å². The molecule has 3 rings (SSSR count). The van der Waals surface area contributed by atoms with Gasteiger partial charge in [-0.05, 0) is 38.5 Å². The van der Waals surface area contributed by atoms with Crippen molar-refractivity contribution in [1.29, 1.82) is 0 Å². The molecule has 2 aromatic rings. The summed E-state index contributed by atoms with van der Waals surface area (Å²) < 4.78 is 7.79. The van der Waals surface area contributed by atoms with E-state index in [1.165, 1.54) is 0 Å².